The molecule has 106 valence electrons. The summed E-state index contributed by atoms with van der Waals surface area (Å²) in [5.41, 5.74) is -0.352. The molecule has 2 nitrogen and oxygen atoms in total. The van der Waals surface area contributed by atoms with Gasteiger partial charge in [-0.1, -0.05) is 32.9 Å². The third kappa shape index (κ3) is 3.09. The van der Waals surface area contributed by atoms with Crippen LogP contribution < -0.4 is 0 Å². The molecule has 5 heteroatoms. The average molecular weight is 274 g/mol. The van der Waals surface area contributed by atoms with Crippen LogP contribution in [-0.4, -0.2) is 17.3 Å². The zero-order valence-electron chi connectivity index (χ0n) is 11.0. The first-order valence-electron chi connectivity index (χ1n) is 6.11. The molecule has 0 aliphatic carbocycles. The second kappa shape index (κ2) is 4.49. The van der Waals surface area contributed by atoms with Gasteiger partial charge < -0.3 is 9.84 Å². The van der Waals surface area contributed by atoms with Gasteiger partial charge in [0.1, 0.15) is 12.2 Å². The van der Waals surface area contributed by atoms with Gasteiger partial charge in [0.25, 0.3) is 0 Å². The van der Waals surface area contributed by atoms with Crippen molar-refractivity contribution in [2.24, 2.45) is 5.41 Å². The highest BCUT2D eigenvalue weighted by atomic mass is 19.4. The predicted molar refractivity (Wildman–Crippen MR) is 64.5 cm³/mol. The molecular formula is C14H17F3O2. The van der Waals surface area contributed by atoms with Crippen molar-refractivity contribution in [3.63, 3.8) is 0 Å². The van der Waals surface area contributed by atoms with Crippen LogP contribution >= 0.6 is 0 Å². The lowest BCUT2D eigenvalue weighted by molar-refractivity contribution is -0.137. The van der Waals surface area contributed by atoms with E-state index in [9.17, 15) is 18.3 Å². The Morgan fingerprint density at radius 1 is 1.11 bits per heavy atom. The number of halogens is 3. The first-order chi connectivity index (χ1) is 8.60. The Balaban J connectivity index is 2.08. The van der Waals surface area contributed by atoms with Crippen LogP contribution in [0.25, 0.3) is 0 Å². The highest BCUT2D eigenvalue weighted by molar-refractivity contribution is 5.27. The highest BCUT2D eigenvalue weighted by Crippen LogP contribution is 2.44. The fraction of sp³-hybridized carbons (Fsp3) is 0.571. The van der Waals surface area contributed by atoms with Gasteiger partial charge in [-0.3, -0.25) is 0 Å². The van der Waals surface area contributed by atoms with Gasteiger partial charge in [0.2, 0.25) is 0 Å². The topological polar surface area (TPSA) is 32.8 Å². The molecule has 0 amide bonds. The van der Waals surface area contributed by atoms with E-state index >= 15 is 0 Å². The van der Waals surface area contributed by atoms with Crippen LogP contribution in [0.3, 0.4) is 0 Å². The van der Waals surface area contributed by atoms with Crippen molar-refractivity contribution in [2.45, 2.75) is 45.3 Å². The Morgan fingerprint density at radius 2 is 1.63 bits per heavy atom. The van der Waals surface area contributed by atoms with E-state index in [1.165, 1.54) is 12.1 Å². The molecule has 0 saturated carbocycles. The summed E-state index contributed by atoms with van der Waals surface area (Å²) in [6.07, 6.45) is -5.64. The molecule has 1 fully saturated rings. The summed E-state index contributed by atoms with van der Waals surface area (Å²) in [6.45, 7) is 5.99. The maximum atomic E-state index is 12.4. The van der Waals surface area contributed by atoms with Crippen molar-refractivity contribution in [3.8, 4) is 0 Å². The number of hydrogen-bond donors (Lipinski definition) is 1. The van der Waals surface area contributed by atoms with Crippen LogP contribution in [0.15, 0.2) is 24.3 Å². The minimum Gasteiger partial charge on any atom is -0.386 e. The molecule has 1 aromatic rings. The second-order valence-electron chi connectivity index (χ2n) is 5.95. The third-order valence-electron chi connectivity index (χ3n) is 3.27. The Labute approximate surface area is 110 Å². The second-order valence-corrected chi connectivity index (χ2v) is 5.95. The molecule has 19 heavy (non-hydrogen) atoms. The highest BCUT2D eigenvalue weighted by Gasteiger charge is 2.51. The van der Waals surface area contributed by atoms with E-state index in [4.69, 9.17) is 4.74 Å². The summed E-state index contributed by atoms with van der Waals surface area (Å²) < 4.78 is 42.7. The van der Waals surface area contributed by atoms with Gasteiger partial charge in [0.05, 0.1) is 11.7 Å². The molecular weight excluding hydrogens is 257 g/mol. The normalized spacial score (nSPS) is 25.2. The van der Waals surface area contributed by atoms with E-state index in [1.54, 1.807) is 0 Å². The molecule has 0 radical (unpaired) electrons. The number of epoxide rings is 1. The molecule has 1 N–H and O–H groups in total. The zero-order valence-corrected chi connectivity index (χ0v) is 11.0. The van der Waals surface area contributed by atoms with E-state index in [-0.39, 0.29) is 17.6 Å². The lowest BCUT2D eigenvalue weighted by Gasteiger charge is -2.16. The number of benzene rings is 1. The van der Waals surface area contributed by atoms with E-state index in [0.29, 0.717) is 5.56 Å². The van der Waals surface area contributed by atoms with Crippen LogP contribution in [0.2, 0.25) is 0 Å². The first kappa shape index (κ1) is 14.3. The molecule has 0 unspecified atom stereocenters. The zero-order chi connectivity index (χ0) is 14.4. The SMILES string of the molecule is CC(C)(C)[C@@H]1O[C@H]1[C@H](O)c1ccc(C(F)(F)F)cc1. The van der Waals surface area contributed by atoms with Gasteiger partial charge in [-0.25, -0.2) is 0 Å². The van der Waals surface area contributed by atoms with Gasteiger partial charge >= 0.3 is 6.18 Å². The molecule has 0 aromatic heterocycles. The predicted octanol–water partition coefficient (Wildman–Crippen LogP) is 3.55. The molecule has 1 aromatic carbocycles. The first-order valence-corrected chi connectivity index (χ1v) is 6.11. The van der Waals surface area contributed by atoms with E-state index in [2.05, 4.69) is 0 Å². The van der Waals surface area contributed by atoms with Crippen LogP contribution in [-0.2, 0) is 10.9 Å². The third-order valence-corrected chi connectivity index (χ3v) is 3.27. The molecule has 0 spiro atoms. The molecule has 1 saturated heterocycles. The maximum absolute atomic E-state index is 12.4. The number of alkyl halides is 3. The van der Waals surface area contributed by atoms with E-state index in [1.807, 2.05) is 20.8 Å². The van der Waals surface area contributed by atoms with Crippen LogP contribution in [0, 0.1) is 5.41 Å². The van der Waals surface area contributed by atoms with Gasteiger partial charge in [0, 0.05) is 0 Å². The average Bonchev–Trinajstić information content (AvgIpc) is 3.06. The van der Waals surface area contributed by atoms with Gasteiger partial charge in [-0.15, -0.1) is 0 Å². The fourth-order valence-corrected chi connectivity index (χ4v) is 2.12. The van der Waals surface area contributed by atoms with Crippen molar-refractivity contribution < 1.29 is 23.0 Å². The number of hydrogen-bond acceptors (Lipinski definition) is 2. The summed E-state index contributed by atoms with van der Waals surface area (Å²) in [5, 5.41) is 10.1. The van der Waals surface area contributed by atoms with Gasteiger partial charge in [-0.05, 0) is 23.1 Å². The van der Waals surface area contributed by atoms with Crippen LogP contribution in [0.5, 0.6) is 0 Å². The van der Waals surface area contributed by atoms with Gasteiger partial charge in [-0.2, -0.15) is 13.2 Å². The molecule has 0 bridgehead atoms. The standard InChI is InChI=1S/C14H17F3O2/c1-13(2,3)12-11(19-12)10(18)8-4-6-9(7-5-8)14(15,16)17/h4-7,10-12,18H,1-3H3/t10-,11+,12-/m1/s1. The minimum absolute atomic E-state index is 0.0650. The van der Waals surface area contributed by atoms with Crippen molar-refractivity contribution in [1.82, 2.24) is 0 Å². The van der Waals surface area contributed by atoms with Crippen molar-refractivity contribution in [1.29, 1.82) is 0 Å². The number of aliphatic hydroxyl groups excluding tert-OH is 1. The quantitative estimate of drug-likeness (QED) is 0.836. The minimum atomic E-state index is -4.35. The number of aliphatic hydroxyl groups is 1. The lowest BCUT2D eigenvalue weighted by atomic mass is 9.88. The van der Waals surface area contributed by atoms with Gasteiger partial charge in [0.15, 0.2) is 0 Å². The molecule has 2 rings (SSSR count). The van der Waals surface area contributed by atoms with Crippen molar-refractivity contribution in [2.75, 3.05) is 0 Å². The largest absolute Gasteiger partial charge is 0.416 e. The lowest BCUT2D eigenvalue weighted by Crippen LogP contribution is -2.19. The smallest absolute Gasteiger partial charge is 0.386 e. The summed E-state index contributed by atoms with van der Waals surface area (Å²) in [6, 6.07) is 4.56. The summed E-state index contributed by atoms with van der Waals surface area (Å²) in [4.78, 5) is 0. The Morgan fingerprint density at radius 3 is 2.00 bits per heavy atom. The monoisotopic (exact) mass is 274 g/mol. The molecule has 1 aliphatic rings. The number of rotatable bonds is 2. The fourth-order valence-electron chi connectivity index (χ4n) is 2.12. The molecule has 1 aliphatic heterocycles. The Hall–Kier alpha value is -1.07. The van der Waals surface area contributed by atoms with Crippen LogP contribution in [0.1, 0.15) is 38.0 Å². The van der Waals surface area contributed by atoms with E-state index in [0.717, 1.165) is 12.1 Å². The summed E-state index contributed by atoms with van der Waals surface area (Å²) in [7, 11) is 0. The van der Waals surface area contributed by atoms with Crippen LogP contribution in [0.4, 0.5) is 13.2 Å². The van der Waals surface area contributed by atoms with Crippen molar-refractivity contribution >= 4 is 0 Å². The van der Waals surface area contributed by atoms with E-state index < -0.39 is 17.8 Å². The maximum Gasteiger partial charge on any atom is 0.416 e. The summed E-state index contributed by atoms with van der Waals surface area (Å²) >= 11 is 0. The van der Waals surface area contributed by atoms with Crippen molar-refractivity contribution in [3.05, 3.63) is 35.4 Å². The molecule has 1 heterocycles. The number of ether oxygens (including phenoxy) is 1. The Bertz CT molecular complexity index is 445. The molecule has 3 atom stereocenters. The summed E-state index contributed by atoms with van der Waals surface area (Å²) in [5.74, 6) is 0. The Kier molecular flexibility index (Phi) is 3.39.